The maximum Gasteiger partial charge on any atom is 0.127 e. The third kappa shape index (κ3) is 2.14. The predicted molar refractivity (Wildman–Crippen MR) is 85.7 cm³/mol. The van der Waals surface area contributed by atoms with E-state index in [0.717, 1.165) is 27.3 Å². The lowest BCUT2D eigenvalue weighted by Crippen LogP contribution is -1.89. The molecule has 0 radical (unpaired) electrons. The van der Waals surface area contributed by atoms with Gasteiger partial charge in [0, 0.05) is 10.4 Å². The molecule has 0 spiro atoms. The SMILES string of the molecule is COc1cccc2cccc(-c3cc(Cl)ccc3C)c12. The molecule has 0 unspecified atom stereocenters. The molecule has 0 aliphatic carbocycles. The number of fused-ring (bicyclic) bond motifs is 1. The van der Waals surface area contributed by atoms with Gasteiger partial charge in [0.1, 0.15) is 5.75 Å². The molecular formula is C18H15ClO. The predicted octanol–water partition coefficient (Wildman–Crippen LogP) is 5.48. The van der Waals surface area contributed by atoms with E-state index in [-0.39, 0.29) is 0 Å². The molecule has 2 heteroatoms. The zero-order valence-corrected chi connectivity index (χ0v) is 12.2. The lowest BCUT2D eigenvalue weighted by molar-refractivity contribution is 0.420. The first-order chi connectivity index (χ1) is 9.70. The van der Waals surface area contributed by atoms with Crippen molar-refractivity contribution in [2.75, 3.05) is 7.11 Å². The molecule has 0 aromatic heterocycles. The van der Waals surface area contributed by atoms with E-state index >= 15 is 0 Å². The van der Waals surface area contributed by atoms with Gasteiger partial charge in [-0.25, -0.2) is 0 Å². The van der Waals surface area contributed by atoms with Gasteiger partial charge in [-0.1, -0.05) is 48.0 Å². The van der Waals surface area contributed by atoms with Crippen molar-refractivity contribution in [3.05, 3.63) is 65.2 Å². The number of aryl methyl sites for hydroxylation is 1. The Morgan fingerprint density at radius 3 is 2.40 bits per heavy atom. The second kappa shape index (κ2) is 5.18. The fraction of sp³-hybridized carbons (Fsp3) is 0.111. The smallest absolute Gasteiger partial charge is 0.127 e. The fourth-order valence-corrected chi connectivity index (χ4v) is 2.76. The van der Waals surface area contributed by atoms with Gasteiger partial charge in [-0.2, -0.15) is 0 Å². The Balaban J connectivity index is 2.39. The molecule has 0 fully saturated rings. The topological polar surface area (TPSA) is 9.23 Å². The number of ether oxygens (including phenoxy) is 1. The summed E-state index contributed by atoms with van der Waals surface area (Å²) in [5.41, 5.74) is 3.50. The van der Waals surface area contributed by atoms with Crippen molar-refractivity contribution in [2.24, 2.45) is 0 Å². The van der Waals surface area contributed by atoms with Gasteiger partial charge in [-0.15, -0.1) is 0 Å². The number of methoxy groups -OCH3 is 1. The third-order valence-corrected chi connectivity index (χ3v) is 3.81. The lowest BCUT2D eigenvalue weighted by Gasteiger charge is -2.13. The Hall–Kier alpha value is -1.99. The van der Waals surface area contributed by atoms with Crippen LogP contribution in [0.3, 0.4) is 0 Å². The van der Waals surface area contributed by atoms with E-state index in [0.29, 0.717) is 0 Å². The second-order valence-corrected chi connectivity index (χ2v) is 5.26. The minimum absolute atomic E-state index is 0.748. The molecule has 0 amide bonds. The summed E-state index contributed by atoms with van der Waals surface area (Å²) < 4.78 is 5.53. The quantitative estimate of drug-likeness (QED) is 0.605. The highest BCUT2D eigenvalue weighted by Gasteiger charge is 2.10. The van der Waals surface area contributed by atoms with Gasteiger partial charge in [-0.3, -0.25) is 0 Å². The average molecular weight is 283 g/mol. The van der Waals surface area contributed by atoms with E-state index in [1.165, 1.54) is 10.9 Å². The third-order valence-electron chi connectivity index (χ3n) is 3.58. The highest BCUT2D eigenvalue weighted by molar-refractivity contribution is 6.31. The molecule has 0 atom stereocenters. The minimum Gasteiger partial charge on any atom is -0.496 e. The van der Waals surface area contributed by atoms with Crippen LogP contribution in [-0.4, -0.2) is 7.11 Å². The summed E-state index contributed by atoms with van der Waals surface area (Å²) in [4.78, 5) is 0. The summed E-state index contributed by atoms with van der Waals surface area (Å²) in [6.45, 7) is 2.10. The Bertz CT molecular complexity index is 772. The number of rotatable bonds is 2. The van der Waals surface area contributed by atoms with Gasteiger partial charge in [0.2, 0.25) is 0 Å². The van der Waals surface area contributed by atoms with Crippen LogP contribution in [0, 0.1) is 6.92 Å². The maximum atomic E-state index is 6.16. The summed E-state index contributed by atoms with van der Waals surface area (Å²) in [7, 11) is 1.70. The van der Waals surface area contributed by atoms with Crippen LogP contribution < -0.4 is 4.74 Å². The monoisotopic (exact) mass is 282 g/mol. The van der Waals surface area contributed by atoms with Crippen LogP contribution in [0.4, 0.5) is 0 Å². The Morgan fingerprint density at radius 2 is 1.65 bits per heavy atom. The van der Waals surface area contributed by atoms with Crippen LogP contribution in [0.2, 0.25) is 5.02 Å². The van der Waals surface area contributed by atoms with E-state index in [1.807, 2.05) is 30.3 Å². The zero-order valence-electron chi connectivity index (χ0n) is 11.5. The molecule has 0 aliphatic heterocycles. The lowest BCUT2D eigenvalue weighted by atomic mass is 9.94. The number of halogens is 1. The Morgan fingerprint density at radius 1 is 0.900 bits per heavy atom. The summed E-state index contributed by atoms with van der Waals surface area (Å²) in [5, 5.41) is 3.04. The van der Waals surface area contributed by atoms with Crippen molar-refractivity contribution in [1.29, 1.82) is 0 Å². The Kier molecular flexibility index (Phi) is 3.37. The van der Waals surface area contributed by atoms with Crippen molar-refractivity contribution >= 4 is 22.4 Å². The van der Waals surface area contributed by atoms with Crippen LogP contribution in [0.5, 0.6) is 5.75 Å². The normalized spacial score (nSPS) is 10.8. The first-order valence-corrected chi connectivity index (χ1v) is 6.91. The summed E-state index contributed by atoms with van der Waals surface area (Å²) >= 11 is 6.16. The van der Waals surface area contributed by atoms with E-state index in [4.69, 9.17) is 16.3 Å². The van der Waals surface area contributed by atoms with Gasteiger partial charge in [0.15, 0.2) is 0 Å². The maximum absolute atomic E-state index is 6.16. The molecular weight excluding hydrogens is 268 g/mol. The molecule has 0 aliphatic rings. The number of hydrogen-bond donors (Lipinski definition) is 0. The van der Waals surface area contributed by atoms with Crippen molar-refractivity contribution in [3.63, 3.8) is 0 Å². The highest BCUT2D eigenvalue weighted by Crippen LogP contribution is 2.37. The van der Waals surface area contributed by atoms with Crippen LogP contribution >= 0.6 is 11.6 Å². The summed E-state index contributed by atoms with van der Waals surface area (Å²) in [6.07, 6.45) is 0. The minimum atomic E-state index is 0.748. The van der Waals surface area contributed by atoms with Crippen molar-refractivity contribution in [2.45, 2.75) is 6.92 Å². The summed E-state index contributed by atoms with van der Waals surface area (Å²) in [6, 6.07) is 18.4. The molecule has 0 bridgehead atoms. The van der Waals surface area contributed by atoms with Crippen LogP contribution in [-0.2, 0) is 0 Å². The molecule has 3 rings (SSSR count). The molecule has 100 valence electrons. The van der Waals surface area contributed by atoms with Gasteiger partial charge < -0.3 is 4.74 Å². The largest absolute Gasteiger partial charge is 0.496 e. The fourth-order valence-electron chi connectivity index (χ4n) is 2.59. The number of hydrogen-bond acceptors (Lipinski definition) is 1. The van der Waals surface area contributed by atoms with Crippen LogP contribution in [0.25, 0.3) is 21.9 Å². The van der Waals surface area contributed by atoms with E-state index in [2.05, 4.69) is 31.2 Å². The second-order valence-electron chi connectivity index (χ2n) is 4.82. The summed E-state index contributed by atoms with van der Waals surface area (Å²) in [5.74, 6) is 0.887. The molecule has 20 heavy (non-hydrogen) atoms. The molecule has 0 saturated carbocycles. The molecule has 0 saturated heterocycles. The zero-order chi connectivity index (χ0) is 14.1. The molecule has 0 N–H and O–H groups in total. The van der Waals surface area contributed by atoms with E-state index in [9.17, 15) is 0 Å². The van der Waals surface area contributed by atoms with Crippen LogP contribution in [0.1, 0.15) is 5.56 Å². The van der Waals surface area contributed by atoms with Gasteiger partial charge in [0.05, 0.1) is 7.11 Å². The van der Waals surface area contributed by atoms with E-state index in [1.54, 1.807) is 7.11 Å². The van der Waals surface area contributed by atoms with Gasteiger partial charge >= 0.3 is 0 Å². The average Bonchev–Trinajstić information content (AvgIpc) is 2.48. The van der Waals surface area contributed by atoms with Crippen molar-refractivity contribution in [3.8, 4) is 16.9 Å². The Labute approximate surface area is 123 Å². The first kappa shape index (κ1) is 13.0. The standard InChI is InChI=1S/C18H15ClO/c1-12-9-10-14(19)11-16(12)15-7-3-5-13-6-4-8-17(20-2)18(13)15/h3-11H,1-2H3. The molecule has 3 aromatic rings. The molecule has 3 aromatic carbocycles. The molecule has 1 nitrogen and oxygen atoms in total. The van der Waals surface area contributed by atoms with Crippen molar-refractivity contribution < 1.29 is 4.74 Å². The first-order valence-electron chi connectivity index (χ1n) is 6.53. The van der Waals surface area contributed by atoms with Crippen LogP contribution in [0.15, 0.2) is 54.6 Å². The highest BCUT2D eigenvalue weighted by atomic mass is 35.5. The van der Waals surface area contributed by atoms with Gasteiger partial charge in [0.25, 0.3) is 0 Å². The number of benzene rings is 3. The van der Waals surface area contributed by atoms with E-state index < -0.39 is 0 Å². The molecule has 0 heterocycles. The van der Waals surface area contributed by atoms with Gasteiger partial charge in [-0.05, 0) is 47.2 Å². The van der Waals surface area contributed by atoms with Crippen molar-refractivity contribution in [1.82, 2.24) is 0 Å².